The van der Waals surface area contributed by atoms with E-state index in [1.807, 2.05) is 37.3 Å². The molecule has 1 saturated heterocycles. The summed E-state index contributed by atoms with van der Waals surface area (Å²) in [6.07, 6.45) is 3.70. The van der Waals surface area contributed by atoms with Crippen molar-refractivity contribution in [3.63, 3.8) is 0 Å². The van der Waals surface area contributed by atoms with E-state index in [9.17, 15) is 4.79 Å². The average molecular weight is 291 g/mol. The molecule has 0 unspecified atom stereocenters. The van der Waals surface area contributed by atoms with Crippen molar-refractivity contribution in [2.45, 2.75) is 44.8 Å². The first-order valence-electron chi connectivity index (χ1n) is 7.84. The molecule has 1 aromatic carbocycles. The molecular weight excluding hydrogens is 266 g/mol. The van der Waals surface area contributed by atoms with E-state index in [2.05, 4.69) is 5.32 Å². The van der Waals surface area contributed by atoms with Gasteiger partial charge in [-0.25, -0.2) is 0 Å². The Balaban J connectivity index is 1.79. The number of benzene rings is 1. The summed E-state index contributed by atoms with van der Waals surface area (Å²) in [6, 6.07) is 10.00. The van der Waals surface area contributed by atoms with E-state index in [1.54, 1.807) is 0 Å². The Hall–Kier alpha value is -1.39. The van der Waals surface area contributed by atoms with E-state index in [0.29, 0.717) is 19.6 Å². The molecule has 1 heterocycles. The van der Waals surface area contributed by atoms with Gasteiger partial charge in [-0.2, -0.15) is 0 Å². The maximum atomic E-state index is 12.0. The van der Waals surface area contributed by atoms with E-state index in [0.717, 1.165) is 31.4 Å². The van der Waals surface area contributed by atoms with Gasteiger partial charge in [0.1, 0.15) is 0 Å². The molecule has 0 aliphatic carbocycles. The van der Waals surface area contributed by atoms with Crippen molar-refractivity contribution in [1.29, 1.82) is 0 Å². The molecule has 0 aromatic heterocycles. The summed E-state index contributed by atoms with van der Waals surface area (Å²) in [5.74, 6) is 0.0440. The zero-order chi connectivity index (χ0) is 14.9. The number of hydrogen-bond acceptors (Lipinski definition) is 3. The molecule has 1 aromatic rings. The van der Waals surface area contributed by atoms with Crippen LogP contribution < -0.4 is 5.32 Å². The summed E-state index contributed by atoms with van der Waals surface area (Å²) in [5.41, 5.74) is 1.09. The Labute approximate surface area is 126 Å². The molecule has 1 aliphatic rings. The first kappa shape index (κ1) is 16.0. The van der Waals surface area contributed by atoms with Crippen LogP contribution in [0.3, 0.4) is 0 Å². The third-order valence-electron chi connectivity index (χ3n) is 3.71. The first-order chi connectivity index (χ1) is 10.3. The van der Waals surface area contributed by atoms with Crippen molar-refractivity contribution >= 4 is 5.91 Å². The highest BCUT2D eigenvalue weighted by atomic mass is 16.5. The van der Waals surface area contributed by atoms with Crippen molar-refractivity contribution in [2.75, 3.05) is 19.8 Å². The number of ether oxygens (including phenoxy) is 2. The Kier molecular flexibility index (Phi) is 6.70. The zero-order valence-electron chi connectivity index (χ0n) is 12.7. The highest BCUT2D eigenvalue weighted by molar-refractivity contribution is 5.76. The second-order valence-electron chi connectivity index (χ2n) is 5.35. The molecular formula is C17H25NO3. The predicted octanol–water partition coefficient (Wildman–Crippen LogP) is 2.84. The first-order valence-corrected chi connectivity index (χ1v) is 7.84. The lowest BCUT2D eigenvalue weighted by Crippen LogP contribution is -2.33. The highest BCUT2D eigenvalue weighted by Crippen LogP contribution is 2.17. The van der Waals surface area contributed by atoms with E-state index >= 15 is 0 Å². The average Bonchev–Trinajstić information content (AvgIpc) is 2.53. The van der Waals surface area contributed by atoms with Crippen LogP contribution >= 0.6 is 0 Å². The number of rotatable bonds is 7. The summed E-state index contributed by atoms with van der Waals surface area (Å²) >= 11 is 0. The fourth-order valence-electron chi connectivity index (χ4n) is 2.60. The van der Waals surface area contributed by atoms with Crippen LogP contribution in [-0.4, -0.2) is 31.8 Å². The molecule has 21 heavy (non-hydrogen) atoms. The topological polar surface area (TPSA) is 47.6 Å². The Morgan fingerprint density at radius 2 is 2.19 bits per heavy atom. The third-order valence-corrected chi connectivity index (χ3v) is 3.71. The van der Waals surface area contributed by atoms with Crippen molar-refractivity contribution in [2.24, 2.45) is 0 Å². The van der Waals surface area contributed by atoms with Crippen LogP contribution in [0.1, 0.15) is 44.3 Å². The molecule has 4 nitrogen and oxygen atoms in total. The molecule has 4 heteroatoms. The quantitative estimate of drug-likeness (QED) is 0.840. The Morgan fingerprint density at radius 1 is 1.38 bits per heavy atom. The minimum atomic E-state index is -0.0903. The molecule has 0 saturated carbocycles. The largest absolute Gasteiger partial charge is 0.378 e. The Morgan fingerprint density at radius 3 is 2.86 bits per heavy atom. The molecule has 2 atom stereocenters. The minimum absolute atomic E-state index is 0.0440. The van der Waals surface area contributed by atoms with Crippen LogP contribution in [0.4, 0.5) is 0 Å². The fraction of sp³-hybridized carbons (Fsp3) is 0.588. The lowest BCUT2D eigenvalue weighted by atomic mass is 10.1. The molecule has 1 aliphatic heterocycles. The fourth-order valence-corrected chi connectivity index (χ4v) is 2.60. The number of amides is 1. The standard InChI is InChI=1S/C17H25NO3/c1-2-20-16(14-8-4-3-5-9-14)13-18-17(19)12-15-10-6-7-11-21-15/h3-5,8-9,15-16H,2,6-7,10-13H2,1H3,(H,18,19)/t15-,16-/m1/s1. The van der Waals surface area contributed by atoms with Gasteiger partial charge in [-0.1, -0.05) is 30.3 Å². The van der Waals surface area contributed by atoms with Crippen LogP contribution in [0.2, 0.25) is 0 Å². The second-order valence-corrected chi connectivity index (χ2v) is 5.35. The van der Waals surface area contributed by atoms with Crippen molar-refractivity contribution in [3.8, 4) is 0 Å². The van der Waals surface area contributed by atoms with Crippen molar-refractivity contribution < 1.29 is 14.3 Å². The third kappa shape index (κ3) is 5.48. The van der Waals surface area contributed by atoms with Gasteiger partial charge in [-0.3, -0.25) is 4.79 Å². The normalized spacial score (nSPS) is 20.0. The molecule has 1 N–H and O–H groups in total. The van der Waals surface area contributed by atoms with Crippen LogP contribution in [0.25, 0.3) is 0 Å². The van der Waals surface area contributed by atoms with Gasteiger partial charge in [0, 0.05) is 19.8 Å². The smallest absolute Gasteiger partial charge is 0.222 e. The highest BCUT2D eigenvalue weighted by Gasteiger charge is 2.19. The van der Waals surface area contributed by atoms with Crippen molar-refractivity contribution in [1.82, 2.24) is 5.32 Å². The van der Waals surface area contributed by atoms with Gasteiger partial charge in [0.2, 0.25) is 5.91 Å². The van der Waals surface area contributed by atoms with Crippen molar-refractivity contribution in [3.05, 3.63) is 35.9 Å². The summed E-state index contributed by atoms with van der Waals surface area (Å²) in [6.45, 7) is 3.88. The monoisotopic (exact) mass is 291 g/mol. The number of carbonyl (C=O) groups excluding carboxylic acids is 1. The zero-order valence-corrected chi connectivity index (χ0v) is 12.7. The molecule has 116 valence electrons. The van der Waals surface area contributed by atoms with E-state index in [-0.39, 0.29) is 18.1 Å². The number of hydrogen-bond donors (Lipinski definition) is 1. The van der Waals surface area contributed by atoms with Gasteiger partial charge in [0.25, 0.3) is 0 Å². The van der Waals surface area contributed by atoms with Crippen LogP contribution in [0.5, 0.6) is 0 Å². The predicted molar refractivity (Wildman–Crippen MR) is 82.0 cm³/mol. The summed E-state index contributed by atoms with van der Waals surface area (Å²) in [7, 11) is 0. The maximum Gasteiger partial charge on any atom is 0.222 e. The lowest BCUT2D eigenvalue weighted by Gasteiger charge is -2.23. The van der Waals surface area contributed by atoms with Gasteiger partial charge in [0.15, 0.2) is 0 Å². The molecule has 0 bridgehead atoms. The molecule has 1 amide bonds. The van der Waals surface area contributed by atoms with E-state index in [4.69, 9.17) is 9.47 Å². The van der Waals surface area contributed by atoms with Crippen LogP contribution in [-0.2, 0) is 14.3 Å². The SMILES string of the molecule is CCO[C@H](CNC(=O)C[C@H]1CCCCO1)c1ccccc1. The molecule has 1 fully saturated rings. The minimum Gasteiger partial charge on any atom is -0.378 e. The Bertz CT molecular complexity index is 415. The summed E-state index contributed by atoms with van der Waals surface area (Å²) < 4.78 is 11.3. The maximum absolute atomic E-state index is 12.0. The van der Waals surface area contributed by atoms with Crippen LogP contribution in [0, 0.1) is 0 Å². The number of carbonyl (C=O) groups is 1. The molecule has 0 spiro atoms. The summed E-state index contributed by atoms with van der Waals surface area (Å²) in [4.78, 5) is 12.0. The van der Waals surface area contributed by atoms with Gasteiger partial charge < -0.3 is 14.8 Å². The summed E-state index contributed by atoms with van der Waals surface area (Å²) in [5, 5.41) is 2.97. The van der Waals surface area contributed by atoms with Gasteiger partial charge in [-0.05, 0) is 31.7 Å². The number of nitrogens with one attached hydrogen (secondary N) is 1. The molecule has 2 rings (SSSR count). The van der Waals surface area contributed by atoms with Gasteiger partial charge in [0.05, 0.1) is 18.6 Å². The lowest BCUT2D eigenvalue weighted by molar-refractivity contribution is -0.125. The second kappa shape index (κ2) is 8.80. The van der Waals surface area contributed by atoms with Gasteiger partial charge >= 0.3 is 0 Å². The van der Waals surface area contributed by atoms with E-state index < -0.39 is 0 Å². The van der Waals surface area contributed by atoms with Crippen LogP contribution in [0.15, 0.2) is 30.3 Å². The van der Waals surface area contributed by atoms with E-state index in [1.165, 1.54) is 0 Å². The van der Waals surface area contributed by atoms with Gasteiger partial charge in [-0.15, -0.1) is 0 Å². The molecule has 0 radical (unpaired) electrons.